The summed E-state index contributed by atoms with van der Waals surface area (Å²) in [6, 6.07) is 1.36. The fourth-order valence-corrected chi connectivity index (χ4v) is 5.09. The highest BCUT2D eigenvalue weighted by Gasteiger charge is 2.30. The Morgan fingerprint density at radius 3 is 2.14 bits per heavy atom. The molecule has 0 aliphatic carbocycles. The Labute approximate surface area is 172 Å². The maximum Gasteiger partial charge on any atom is 0.248 e. The van der Waals surface area contributed by atoms with Crippen LogP contribution in [0.1, 0.15) is 46.5 Å². The van der Waals surface area contributed by atoms with Crippen LogP contribution in [0.25, 0.3) is 0 Å². The fourth-order valence-electron chi connectivity index (χ4n) is 5.09. The lowest BCUT2D eigenvalue weighted by molar-refractivity contribution is -0.137. The molecule has 0 unspecified atom stereocenters. The Kier molecular flexibility index (Phi) is 8.57. The quantitative estimate of drug-likeness (QED) is 0.658. The Bertz CT molecular complexity index is 463. The van der Waals surface area contributed by atoms with E-state index in [1.54, 1.807) is 0 Å². The van der Waals surface area contributed by atoms with Crippen molar-refractivity contribution >= 4 is 5.91 Å². The summed E-state index contributed by atoms with van der Waals surface area (Å²) < 4.78 is 5.27. The van der Waals surface area contributed by atoms with Crippen molar-refractivity contribution in [2.24, 2.45) is 5.92 Å². The van der Waals surface area contributed by atoms with Crippen LogP contribution in [0.15, 0.2) is 0 Å². The molecule has 0 aromatic rings. The summed E-state index contributed by atoms with van der Waals surface area (Å²) in [5.74, 6) is 1.05. The van der Waals surface area contributed by atoms with Crippen molar-refractivity contribution < 1.29 is 9.53 Å². The van der Waals surface area contributed by atoms with Gasteiger partial charge >= 0.3 is 0 Å². The molecule has 3 heterocycles. The van der Waals surface area contributed by atoms with Gasteiger partial charge in [-0.3, -0.25) is 9.69 Å². The second-order valence-corrected chi connectivity index (χ2v) is 9.16. The highest BCUT2D eigenvalue weighted by Crippen LogP contribution is 2.22. The van der Waals surface area contributed by atoms with Crippen LogP contribution in [0.5, 0.6) is 0 Å². The van der Waals surface area contributed by atoms with Crippen LogP contribution in [0.3, 0.4) is 0 Å². The van der Waals surface area contributed by atoms with E-state index >= 15 is 0 Å². The second kappa shape index (κ2) is 10.9. The van der Waals surface area contributed by atoms with E-state index in [-0.39, 0.29) is 12.5 Å². The highest BCUT2D eigenvalue weighted by molar-refractivity contribution is 5.77. The summed E-state index contributed by atoms with van der Waals surface area (Å²) in [6.45, 7) is 17.9. The number of rotatable bonds is 7. The highest BCUT2D eigenvalue weighted by atomic mass is 16.5. The lowest BCUT2D eigenvalue weighted by atomic mass is 9.95. The topological polar surface area (TPSA) is 39.3 Å². The normalized spacial score (nSPS) is 24.9. The second-order valence-electron chi connectivity index (χ2n) is 9.16. The number of carbonyl (C=O) groups excluding carboxylic acids is 1. The monoisotopic (exact) mass is 394 g/mol. The number of amides is 1. The van der Waals surface area contributed by atoms with E-state index in [2.05, 4.69) is 28.5 Å². The van der Waals surface area contributed by atoms with Crippen molar-refractivity contribution in [2.75, 3.05) is 72.1 Å². The van der Waals surface area contributed by atoms with E-state index in [9.17, 15) is 4.79 Å². The van der Waals surface area contributed by atoms with Crippen LogP contribution >= 0.6 is 0 Å². The maximum absolute atomic E-state index is 12.1. The number of likely N-dealkylation sites (tertiary alicyclic amines) is 2. The summed E-state index contributed by atoms with van der Waals surface area (Å²) in [4.78, 5) is 22.1. The Morgan fingerprint density at radius 2 is 1.57 bits per heavy atom. The number of carbonyl (C=O) groups is 1. The minimum absolute atomic E-state index is 0.161. The van der Waals surface area contributed by atoms with Gasteiger partial charge in [0.2, 0.25) is 5.91 Å². The Hall–Kier alpha value is -0.690. The molecule has 3 saturated heterocycles. The van der Waals surface area contributed by atoms with Crippen molar-refractivity contribution in [3.8, 4) is 0 Å². The number of nitrogens with zero attached hydrogens (tertiary/aromatic N) is 4. The molecule has 0 saturated carbocycles. The first-order valence-electron chi connectivity index (χ1n) is 11.6. The average molecular weight is 395 g/mol. The van der Waals surface area contributed by atoms with Gasteiger partial charge in [-0.1, -0.05) is 0 Å². The summed E-state index contributed by atoms with van der Waals surface area (Å²) in [5, 5.41) is 0. The SMILES string of the molecule is CCOCC(=O)N1CCC(N2CCN(CC3CCN(C(C)C)CC3)CC2)CC1. The van der Waals surface area contributed by atoms with Gasteiger partial charge in [0.15, 0.2) is 0 Å². The zero-order valence-corrected chi connectivity index (χ0v) is 18.4. The van der Waals surface area contributed by atoms with Crippen molar-refractivity contribution in [3.63, 3.8) is 0 Å². The molecule has 6 nitrogen and oxygen atoms in total. The third-order valence-electron chi connectivity index (χ3n) is 7.07. The van der Waals surface area contributed by atoms with E-state index < -0.39 is 0 Å². The maximum atomic E-state index is 12.1. The van der Waals surface area contributed by atoms with Gasteiger partial charge in [0.25, 0.3) is 0 Å². The lowest BCUT2D eigenvalue weighted by Gasteiger charge is -2.44. The van der Waals surface area contributed by atoms with Crippen LogP contribution in [0.2, 0.25) is 0 Å². The van der Waals surface area contributed by atoms with E-state index in [4.69, 9.17) is 4.74 Å². The zero-order valence-electron chi connectivity index (χ0n) is 18.4. The first-order chi connectivity index (χ1) is 13.6. The minimum Gasteiger partial charge on any atom is -0.372 e. The number of piperazine rings is 1. The van der Waals surface area contributed by atoms with Crippen LogP contribution in [-0.2, 0) is 9.53 Å². The summed E-state index contributed by atoms with van der Waals surface area (Å²) in [6.07, 6.45) is 4.97. The van der Waals surface area contributed by atoms with Gasteiger partial charge in [0, 0.05) is 64.5 Å². The molecule has 0 aromatic heterocycles. The standard InChI is InChI=1S/C22H42N4O2/c1-4-28-18-22(27)26-11-7-21(8-12-26)25-15-13-23(14-16-25)17-20-5-9-24(10-6-20)19(2)3/h19-21H,4-18H2,1-3H3. The molecule has 162 valence electrons. The predicted molar refractivity (Wildman–Crippen MR) is 114 cm³/mol. The van der Waals surface area contributed by atoms with E-state index in [1.807, 2.05) is 11.8 Å². The van der Waals surface area contributed by atoms with Gasteiger partial charge in [-0.15, -0.1) is 0 Å². The molecule has 3 aliphatic rings. The van der Waals surface area contributed by atoms with Gasteiger partial charge < -0.3 is 19.4 Å². The average Bonchev–Trinajstić information content (AvgIpc) is 2.73. The molecule has 3 fully saturated rings. The lowest BCUT2D eigenvalue weighted by Crippen LogP contribution is -2.54. The molecule has 0 bridgehead atoms. The molecule has 3 aliphatic heterocycles. The molecular formula is C22H42N4O2. The van der Waals surface area contributed by atoms with E-state index in [1.165, 1.54) is 58.7 Å². The molecule has 6 heteroatoms. The molecule has 0 aromatic carbocycles. The fraction of sp³-hybridized carbons (Fsp3) is 0.955. The third-order valence-corrected chi connectivity index (χ3v) is 7.07. The predicted octanol–water partition coefficient (Wildman–Crippen LogP) is 1.75. The van der Waals surface area contributed by atoms with Gasteiger partial charge in [0.05, 0.1) is 0 Å². The smallest absolute Gasteiger partial charge is 0.248 e. The molecule has 0 N–H and O–H groups in total. The van der Waals surface area contributed by atoms with Crippen LogP contribution in [0.4, 0.5) is 0 Å². The largest absolute Gasteiger partial charge is 0.372 e. The number of hydrogen-bond donors (Lipinski definition) is 0. The first kappa shape index (κ1) is 22.0. The summed E-state index contributed by atoms with van der Waals surface area (Å²) in [5.41, 5.74) is 0. The number of hydrogen-bond acceptors (Lipinski definition) is 5. The molecule has 28 heavy (non-hydrogen) atoms. The van der Waals surface area contributed by atoms with Crippen LogP contribution in [0, 0.1) is 5.92 Å². The molecular weight excluding hydrogens is 352 g/mol. The minimum atomic E-state index is 0.161. The van der Waals surface area contributed by atoms with Crippen molar-refractivity contribution in [2.45, 2.75) is 58.5 Å². The molecule has 0 radical (unpaired) electrons. The number of ether oxygens (including phenoxy) is 1. The van der Waals surface area contributed by atoms with E-state index in [0.29, 0.717) is 18.7 Å². The van der Waals surface area contributed by atoms with Gasteiger partial charge in [0.1, 0.15) is 6.61 Å². The molecule has 0 atom stereocenters. The Morgan fingerprint density at radius 1 is 0.929 bits per heavy atom. The zero-order chi connectivity index (χ0) is 19.9. The van der Waals surface area contributed by atoms with Gasteiger partial charge in [-0.05, 0) is 65.5 Å². The molecule has 3 rings (SSSR count). The van der Waals surface area contributed by atoms with Crippen molar-refractivity contribution in [1.29, 1.82) is 0 Å². The van der Waals surface area contributed by atoms with Crippen molar-refractivity contribution in [1.82, 2.24) is 19.6 Å². The van der Waals surface area contributed by atoms with Gasteiger partial charge in [-0.25, -0.2) is 0 Å². The van der Waals surface area contributed by atoms with Crippen molar-refractivity contribution in [3.05, 3.63) is 0 Å². The number of piperidine rings is 2. The molecule has 0 spiro atoms. The van der Waals surface area contributed by atoms with Crippen LogP contribution < -0.4 is 0 Å². The molecule has 1 amide bonds. The van der Waals surface area contributed by atoms with E-state index in [0.717, 1.165) is 31.8 Å². The summed E-state index contributed by atoms with van der Waals surface area (Å²) in [7, 11) is 0. The van der Waals surface area contributed by atoms with Gasteiger partial charge in [-0.2, -0.15) is 0 Å². The summed E-state index contributed by atoms with van der Waals surface area (Å²) >= 11 is 0. The van der Waals surface area contributed by atoms with Crippen LogP contribution in [-0.4, -0.2) is 110 Å². The Balaban J connectivity index is 1.32. The first-order valence-corrected chi connectivity index (χ1v) is 11.6. The third kappa shape index (κ3) is 6.15.